The number of rotatable bonds is 7. The van der Waals surface area contributed by atoms with Crippen molar-refractivity contribution >= 4 is 34.3 Å². The van der Waals surface area contributed by atoms with Gasteiger partial charge >= 0.3 is 0 Å². The van der Waals surface area contributed by atoms with Crippen molar-refractivity contribution in [3.05, 3.63) is 75.4 Å². The molecule has 4 aromatic rings. The van der Waals surface area contributed by atoms with Gasteiger partial charge in [0.1, 0.15) is 5.82 Å². The zero-order valence-corrected chi connectivity index (χ0v) is 17.7. The molecule has 0 N–H and O–H groups in total. The topological polar surface area (TPSA) is 73.8 Å². The first kappa shape index (κ1) is 20.6. The van der Waals surface area contributed by atoms with Crippen molar-refractivity contribution in [1.82, 2.24) is 19.7 Å². The molecule has 0 aliphatic heterocycles. The summed E-state index contributed by atoms with van der Waals surface area (Å²) in [5.74, 6) is 0.916. The van der Waals surface area contributed by atoms with Gasteiger partial charge < -0.3 is 4.52 Å². The maximum atomic E-state index is 13.7. The van der Waals surface area contributed by atoms with Gasteiger partial charge in [-0.05, 0) is 36.8 Å². The van der Waals surface area contributed by atoms with Gasteiger partial charge in [0.15, 0.2) is 11.0 Å². The van der Waals surface area contributed by atoms with Gasteiger partial charge in [-0.25, -0.2) is 9.37 Å². The Morgan fingerprint density at radius 3 is 2.83 bits per heavy atom. The number of nitrogens with zero attached hydrogens (tertiary/aromatic N) is 4. The average Bonchev–Trinajstić information content (AvgIpc) is 3.21. The summed E-state index contributed by atoms with van der Waals surface area (Å²) >= 11 is 7.24. The number of unbranched alkanes of at least 4 members (excludes halogenated alkanes) is 1. The lowest BCUT2D eigenvalue weighted by Gasteiger charge is -2.13. The van der Waals surface area contributed by atoms with Gasteiger partial charge in [0.25, 0.3) is 5.56 Å². The summed E-state index contributed by atoms with van der Waals surface area (Å²) in [5.41, 5.74) is 0.741. The molecule has 0 amide bonds. The SMILES string of the molecule is CCCCc1noc(CSc2nc3ccccc3c(=O)n2-c2ccc(F)c(Cl)c2)n1. The fourth-order valence-electron chi connectivity index (χ4n) is 2.97. The molecule has 0 unspecified atom stereocenters. The number of halogens is 2. The number of benzene rings is 2. The minimum atomic E-state index is -0.554. The number of hydrogen-bond donors (Lipinski definition) is 0. The predicted molar refractivity (Wildman–Crippen MR) is 115 cm³/mol. The van der Waals surface area contributed by atoms with Crippen molar-refractivity contribution in [1.29, 1.82) is 0 Å². The van der Waals surface area contributed by atoms with E-state index in [2.05, 4.69) is 22.0 Å². The fourth-order valence-corrected chi connectivity index (χ4v) is 4.00. The molecule has 0 radical (unpaired) electrons. The van der Waals surface area contributed by atoms with Gasteiger partial charge in [0.2, 0.25) is 5.89 Å². The molecule has 6 nitrogen and oxygen atoms in total. The first-order valence-corrected chi connectivity index (χ1v) is 10.8. The van der Waals surface area contributed by atoms with E-state index in [1.54, 1.807) is 18.2 Å². The van der Waals surface area contributed by atoms with Crippen molar-refractivity contribution in [2.24, 2.45) is 0 Å². The van der Waals surface area contributed by atoms with Crippen LogP contribution in [0.25, 0.3) is 16.6 Å². The monoisotopic (exact) mass is 444 g/mol. The van der Waals surface area contributed by atoms with E-state index in [-0.39, 0.29) is 10.6 Å². The predicted octanol–water partition coefficient (Wildman–Crippen LogP) is 5.20. The molecule has 0 saturated heterocycles. The molecule has 9 heteroatoms. The third-order valence-electron chi connectivity index (χ3n) is 4.50. The van der Waals surface area contributed by atoms with Crippen LogP contribution < -0.4 is 5.56 Å². The van der Waals surface area contributed by atoms with Gasteiger partial charge in [-0.3, -0.25) is 9.36 Å². The molecular weight excluding hydrogens is 427 g/mol. The number of aromatic nitrogens is 4. The third kappa shape index (κ3) is 4.24. The van der Waals surface area contributed by atoms with E-state index >= 15 is 0 Å². The molecule has 154 valence electrons. The normalized spacial score (nSPS) is 11.3. The van der Waals surface area contributed by atoms with Crippen LogP contribution in [0.5, 0.6) is 0 Å². The summed E-state index contributed by atoms with van der Waals surface area (Å²) in [6.07, 6.45) is 2.80. The zero-order valence-electron chi connectivity index (χ0n) is 16.1. The second kappa shape index (κ2) is 8.97. The Morgan fingerprint density at radius 1 is 1.20 bits per heavy atom. The number of aryl methyl sites for hydroxylation is 1. The number of para-hydroxylation sites is 1. The summed E-state index contributed by atoms with van der Waals surface area (Å²) in [5, 5.41) is 4.81. The quantitative estimate of drug-likeness (QED) is 0.288. The van der Waals surface area contributed by atoms with Gasteiger partial charge in [-0.1, -0.05) is 54.0 Å². The van der Waals surface area contributed by atoms with E-state index in [1.807, 2.05) is 6.07 Å². The highest BCUT2D eigenvalue weighted by Crippen LogP contribution is 2.26. The maximum absolute atomic E-state index is 13.7. The Balaban J connectivity index is 1.73. The molecule has 0 spiro atoms. The molecule has 2 aromatic carbocycles. The van der Waals surface area contributed by atoms with Crippen LogP contribution in [0, 0.1) is 5.82 Å². The molecular formula is C21H18ClFN4O2S. The molecule has 0 atom stereocenters. The Kier molecular flexibility index (Phi) is 6.15. The summed E-state index contributed by atoms with van der Waals surface area (Å²) in [6.45, 7) is 2.10. The third-order valence-corrected chi connectivity index (χ3v) is 5.71. The van der Waals surface area contributed by atoms with Crippen LogP contribution in [0.1, 0.15) is 31.5 Å². The zero-order chi connectivity index (χ0) is 21.1. The van der Waals surface area contributed by atoms with Crippen LogP contribution >= 0.6 is 23.4 Å². The molecule has 30 heavy (non-hydrogen) atoms. The molecule has 0 aliphatic carbocycles. The largest absolute Gasteiger partial charge is 0.338 e. The van der Waals surface area contributed by atoms with Crippen LogP contribution in [0.2, 0.25) is 5.02 Å². The average molecular weight is 445 g/mol. The Morgan fingerprint density at radius 2 is 2.03 bits per heavy atom. The molecule has 0 saturated carbocycles. The molecule has 2 aromatic heterocycles. The van der Waals surface area contributed by atoms with Gasteiger partial charge in [0, 0.05) is 6.42 Å². The summed E-state index contributed by atoms with van der Waals surface area (Å²) in [7, 11) is 0. The van der Waals surface area contributed by atoms with E-state index in [0.29, 0.717) is 39.2 Å². The Hall–Kier alpha value is -2.71. The van der Waals surface area contributed by atoms with E-state index in [0.717, 1.165) is 19.3 Å². The summed E-state index contributed by atoms with van der Waals surface area (Å²) in [4.78, 5) is 22.2. The van der Waals surface area contributed by atoms with Crippen molar-refractivity contribution in [3.8, 4) is 5.69 Å². The van der Waals surface area contributed by atoms with E-state index in [9.17, 15) is 9.18 Å². The van der Waals surface area contributed by atoms with Gasteiger partial charge in [-0.15, -0.1) is 0 Å². The highest BCUT2D eigenvalue weighted by atomic mass is 35.5. The molecule has 0 aliphatic rings. The second-order valence-corrected chi connectivity index (χ2v) is 8.00. The maximum Gasteiger partial charge on any atom is 0.266 e. The van der Waals surface area contributed by atoms with Crippen molar-refractivity contribution in [2.75, 3.05) is 0 Å². The van der Waals surface area contributed by atoms with E-state index in [1.165, 1.54) is 34.5 Å². The standard InChI is InChI=1S/C21H18ClFN4O2S/c1-2-3-8-18-25-19(29-26-18)12-30-21-24-17-7-5-4-6-14(17)20(28)27(21)13-9-10-16(23)15(22)11-13/h4-7,9-11H,2-3,8,12H2,1H3. The molecule has 4 rings (SSSR count). The summed E-state index contributed by atoms with van der Waals surface area (Å²) < 4.78 is 20.4. The highest BCUT2D eigenvalue weighted by molar-refractivity contribution is 7.98. The van der Waals surface area contributed by atoms with Crippen molar-refractivity contribution in [2.45, 2.75) is 37.1 Å². The molecule has 0 fully saturated rings. The van der Waals surface area contributed by atoms with E-state index < -0.39 is 5.82 Å². The Labute approximate surface area is 181 Å². The van der Waals surface area contributed by atoms with Crippen LogP contribution in [-0.4, -0.2) is 19.7 Å². The van der Waals surface area contributed by atoms with Crippen LogP contribution in [0.4, 0.5) is 4.39 Å². The highest BCUT2D eigenvalue weighted by Gasteiger charge is 2.16. The van der Waals surface area contributed by atoms with Crippen LogP contribution in [-0.2, 0) is 12.2 Å². The fraction of sp³-hybridized carbons (Fsp3) is 0.238. The van der Waals surface area contributed by atoms with Crippen LogP contribution in [0.15, 0.2) is 56.9 Å². The smallest absolute Gasteiger partial charge is 0.266 e. The van der Waals surface area contributed by atoms with Gasteiger partial charge in [0.05, 0.1) is 27.4 Å². The summed E-state index contributed by atoms with van der Waals surface area (Å²) in [6, 6.07) is 11.2. The minimum Gasteiger partial charge on any atom is -0.338 e. The lowest BCUT2D eigenvalue weighted by Crippen LogP contribution is -2.21. The molecule has 0 bridgehead atoms. The first-order chi connectivity index (χ1) is 14.6. The number of thioether (sulfide) groups is 1. The van der Waals surface area contributed by atoms with Crippen molar-refractivity contribution in [3.63, 3.8) is 0 Å². The lowest BCUT2D eigenvalue weighted by atomic mass is 10.2. The number of fused-ring (bicyclic) bond motifs is 1. The van der Waals surface area contributed by atoms with Crippen molar-refractivity contribution < 1.29 is 8.91 Å². The number of hydrogen-bond acceptors (Lipinski definition) is 6. The van der Waals surface area contributed by atoms with Crippen LogP contribution in [0.3, 0.4) is 0 Å². The first-order valence-electron chi connectivity index (χ1n) is 9.48. The minimum absolute atomic E-state index is 0.0685. The Bertz CT molecular complexity index is 1260. The lowest BCUT2D eigenvalue weighted by molar-refractivity contribution is 0.384. The molecule has 2 heterocycles. The van der Waals surface area contributed by atoms with Gasteiger partial charge in [-0.2, -0.15) is 4.98 Å². The second-order valence-electron chi connectivity index (χ2n) is 6.65. The van der Waals surface area contributed by atoms with E-state index in [4.69, 9.17) is 16.1 Å².